The van der Waals surface area contributed by atoms with Crippen molar-refractivity contribution in [2.24, 2.45) is 0 Å². The highest BCUT2D eigenvalue weighted by Crippen LogP contribution is 2.18. The molecule has 2 heteroatoms. The second-order valence-corrected chi connectivity index (χ2v) is 2.21. The maximum atomic E-state index is 12.4. The summed E-state index contributed by atoms with van der Waals surface area (Å²) in [6.07, 6.45) is 2.72. The van der Waals surface area contributed by atoms with Crippen LogP contribution in [-0.4, -0.2) is 6.17 Å². The predicted molar refractivity (Wildman–Crippen MR) is 32.4 cm³/mol. The third kappa shape index (κ3) is 1.53. The lowest BCUT2D eigenvalue weighted by molar-refractivity contribution is 0.358. The number of nitrogens with zero attached hydrogens (tertiary/aromatic N) is 1. The predicted octanol–water partition coefficient (Wildman–Crippen LogP) is 1.96. The van der Waals surface area contributed by atoms with E-state index in [-0.39, 0.29) is 0 Å². The smallest absolute Gasteiger partial charge is 0.119 e. The molecule has 0 aromatic heterocycles. The van der Waals surface area contributed by atoms with Crippen molar-refractivity contribution in [3.63, 3.8) is 0 Å². The molecule has 1 rings (SSSR count). The molecule has 0 saturated heterocycles. The lowest BCUT2D eigenvalue weighted by atomic mass is 10.00. The summed E-state index contributed by atoms with van der Waals surface area (Å²) in [7, 11) is 0. The molecule has 0 spiro atoms. The zero-order chi connectivity index (χ0) is 6.69. The van der Waals surface area contributed by atoms with Crippen LogP contribution in [0.25, 0.3) is 0 Å². The molecule has 0 aliphatic heterocycles. The summed E-state index contributed by atoms with van der Waals surface area (Å²) in [5.41, 5.74) is 0.605. The van der Waals surface area contributed by atoms with Gasteiger partial charge in [-0.2, -0.15) is 5.26 Å². The van der Waals surface area contributed by atoms with Crippen molar-refractivity contribution in [2.75, 3.05) is 0 Å². The fourth-order valence-corrected chi connectivity index (χ4v) is 0.966. The highest BCUT2D eigenvalue weighted by Gasteiger charge is 2.10. The van der Waals surface area contributed by atoms with E-state index < -0.39 is 6.17 Å². The molecule has 1 aliphatic rings. The zero-order valence-corrected chi connectivity index (χ0v) is 5.10. The molecule has 48 valence electrons. The largest absolute Gasteiger partial charge is 0.243 e. The van der Waals surface area contributed by atoms with Crippen LogP contribution in [-0.2, 0) is 0 Å². The Labute approximate surface area is 53.8 Å². The monoisotopic (exact) mass is 125 g/mol. The van der Waals surface area contributed by atoms with E-state index in [4.69, 9.17) is 5.26 Å². The van der Waals surface area contributed by atoms with Crippen LogP contribution in [0.1, 0.15) is 19.3 Å². The number of allylic oxidation sites excluding steroid dienone is 2. The number of alkyl halides is 1. The van der Waals surface area contributed by atoms with Crippen LogP contribution < -0.4 is 0 Å². The zero-order valence-electron chi connectivity index (χ0n) is 5.10. The van der Waals surface area contributed by atoms with Crippen molar-refractivity contribution in [1.29, 1.82) is 5.26 Å². The topological polar surface area (TPSA) is 23.8 Å². The van der Waals surface area contributed by atoms with E-state index in [9.17, 15) is 4.39 Å². The van der Waals surface area contributed by atoms with Gasteiger partial charge in [0, 0.05) is 5.57 Å². The Hall–Kier alpha value is -0.840. The second kappa shape index (κ2) is 2.63. The summed E-state index contributed by atoms with van der Waals surface area (Å²) in [6.45, 7) is 0. The Balaban J connectivity index is 2.62. The first-order chi connectivity index (χ1) is 4.33. The van der Waals surface area contributed by atoms with Gasteiger partial charge in [0.1, 0.15) is 6.17 Å². The summed E-state index contributed by atoms with van der Waals surface area (Å²) < 4.78 is 12.4. The molecular weight excluding hydrogens is 117 g/mol. The van der Waals surface area contributed by atoms with Gasteiger partial charge in [0.2, 0.25) is 0 Å². The summed E-state index contributed by atoms with van der Waals surface area (Å²) in [5, 5.41) is 8.32. The molecule has 1 unspecified atom stereocenters. The average molecular weight is 125 g/mol. The Kier molecular flexibility index (Phi) is 1.84. The highest BCUT2D eigenvalue weighted by atomic mass is 19.1. The van der Waals surface area contributed by atoms with Crippen LogP contribution in [0, 0.1) is 11.3 Å². The van der Waals surface area contributed by atoms with Crippen LogP contribution in [0.5, 0.6) is 0 Å². The number of hydrogen-bond donors (Lipinski definition) is 0. The average Bonchev–Trinajstić information content (AvgIpc) is 1.88. The molecule has 0 bridgehead atoms. The van der Waals surface area contributed by atoms with Crippen LogP contribution in [0.15, 0.2) is 11.6 Å². The van der Waals surface area contributed by atoms with Crippen molar-refractivity contribution in [1.82, 2.24) is 0 Å². The summed E-state index contributed by atoms with van der Waals surface area (Å²) >= 11 is 0. The van der Waals surface area contributed by atoms with Gasteiger partial charge in [0.15, 0.2) is 0 Å². The molecule has 0 radical (unpaired) electrons. The Morgan fingerprint density at radius 1 is 1.78 bits per heavy atom. The fraction of sp³-hybridized carbons (Fsp3) is 0.571. The minimum absolute atomic E-state index is 0.588. The van der Waals surface area contributed by atoms with E-state index >= 15 is 0 Å². The van der Waals surface area contributed by atoms with Crippen molar-refractivity contribution >= 4 is 0 Å². The van der Waals surface area contributed by atoms with E-state index in [1.54, 1.807) is 0 Å². The van der Waals surface area contributed by atoms with Gasteiger partial charge in [0.05, 0.1) is 6.07 Å². The van der Waals surface area contributed by atoms with Crippen molar-refractivity contribution in [3.05, 3.63) is 11.6 Å². The van der Waals surface area contributed by atoms with Crippen LogP contribution in [0.3, 0.4) is 0 Å². The van der Waals surface area contributed by atoms with Gasteiger partial charge in [-0.1, -0.05) is 0 Å². The van der Waals surface area contributed by atoms with Gasteiger partial charge in [-0.05, 0) is 25.3 Å². The summed E-state index contributed by atoms with van der Waals surface area (Å²) in [5.74, 6) is 0. The van der Waals surface area contributed by atoms with Gasteiger partial charge in [-0.25, -0.2) is 4.39 Å². The molecule has 0 aromatic rings. The van der Waals surface area contributed by atoms with Gasteiger partial charge in [0.25, 0.3) is 0 Å². The van der Waals surface area contributed by atoms with Gasteiger partial charge in [-0.15, -0.1) is 0 Å². The molecule has 9 heavy (non-hydrogen) atoms. The number of hydrogen-bond acceptors (Lipinski definition) is 1. The molecule has 1 atom stereocenters. The Morgan fingerprint density at radius 2 is 2.56 bits per heavy atom. The van der Waals surface area contributed by atoms with Crippen molar-refractivity contribution < 1.29 is 4.39 Å². The molecular formula is C7H8FN. The van der Waals surface area contributed by atoms with Crippen molar-refractivity contribution in [2.45, 2.75) is 25.4 Å². The van der Waals surface area contributed by atoms with Crippen LogP contribution in [0.4, 0.5) is 4.39 Å². The minimum atomic E-state index is -0.867. The van der Waals surface area contributed by atoms with E-state index in [1.807, 2.05) is 6.07 Å². The van der Waals surface area contributed by atoms with E-state index in [1.165, 1.54) is 6.08 Å². The van der Waals surface area contributed by atoms with Crippen LogP contribution in [0.2, 0.25) is 0 Å². The first-order valence-corrected chi connectivity index (χ1v) is 3.08. The summed E-state index contributed by atoms with van der Waals surface area (Å²) in [6, 6.07) is 1.96. The molecule has 1 nitrogen and oxygen atoms in total. The van der Waals surface area contributed by atoms with Gasteiger partial charge >= 0.3 is 0 Å². The highest BCUT2D eigenvalue weighted by molar-refractivity contribution is 5.23. The third-order valence-electron chi connectivity index (χ3n) is 1.45. The fourth-order valence-electron chi connectivity index (χ4n) is 0.966. The molecule has 0 N–H and O–H groups in total. The molecule has 0 saturated carbocycles. The van der Waals surface area contributed by atoms with Crippen LogP contribution >= 0.6 is 0 Å². The maximum absolute atomic E-state index is 12.4. The van der Waals surface area contributed by atoms with Crippen molar-refractivity contribution in [3.8, 4) is 6.07 Å². The Bertz CT molecular complexity index is 166. The van der Waals surface area contributed by atoms with E-state index in [0.717, 1.165) is 12.8 Å². The molecule has 1 aliphatic carbocycles. The quantitative estimate of drug-likeness (QED) is 0.485. The van der Waals surface area contributed by atoms with Gasteiger partial charge in [-0.3, -0.25) is 0 Å². The van der Waals surface area contributed by atoms with E-state index in [2.05, 4.69) is 0 Å². The first-order valence-electron chi connectivity index (χ1n) is 3.08. The molecule has 0 aromatic carbocycles. The molecule has 0 amide bonds. The maximum Gasteiger partial charge on any atom is 0.119 e. The summed E-state index contributed by atoms with van der Waals surface area (Å²) in [4.78, 5) is 0. The second-order valence-electron chi connectivity index (χ2n) is 2.21. The molecule has 0 heterocycles. The van der Waals surface area contributed by atoms with E-state index in [0.29, 0.717) is 12.0 Å². The standard InChI is InChI=1S/C7H8FN/c8-7-3-1-2-6(4-7)5-9/h4,7H,1-3H2. The third-order valence-corrected chi connectivity index (χ3v) is 1.45. The Morgan fingerprint density at radius 3 is 3.00 bits per heavy atom. The number of halogens is 1. The minimum Gasteiger partial charge on any atom is -0.243 e. The first kappa shape index (κ1) is 6.28. The van der Waals surface area contributed by atoms with Gasteiger partial charge < -0.3 is 0 Å². The number of rotatable bonds is 0. The molecule has 0 fully saturated rings. The SMILES string of the molecule is N#CC1=CC(F)CCC1. The lowest BCUT2D eigenvalue weighted by Crippen LogP contribution is -2.02. The lowest BCUT2D eigenvalue weighted by Gasteiger charge is -2.08. The number of nitriles is 1. The normalized spacial score (nSPS) is 26.7.